The Balaban J connectivity index is 1.38. The number of hydrogen-bond donors (Lipinski definition) is 2. The first-order valence-electron chi connectivity index (χ1n) is 12.3. The van der Waals surface area contributed by atoms with Gasteiger partial charge in [-0.3, -0.25) is 9.58 Å². The van der Waals surface area contributed by atoms with Crippen LogP contribution in [-0.2, 0) is 42.9 Å². The number of amides is 2. The summed E-state index contributed by atoms with van der Waals surface area (Å²) in [6.07, 6.45) is 10.2. The lowest BCUT2D eigenvalue weighted by Crippen LogP contribution is -2.50. The van der Waals surface area contributed by atoms with Crippen molar-refractivity contribution in [3.05, 3.63) is 40.7 Å². The number of aromatic nitrogens is 2. The highest BCUT2D eigenvalue weighted by Gasteiger charge is 2.36. The first kappa shape index (κ1) is 24.1. The number of aryl methyl sites for hydroxylation is 3. The molecule has 35 heavy (non-hydrogen) atoms. The molecule has 11 heteroatoms. The van der Waals surface area contributed by atoms with Crippen molar-refractivity contribution in [1.82, 2.24) is 19.4 Å². The SMILES string of the molecule is CN1C(CF)CCC1CN(c1cnn(C)c1)S(=O)(=O)NC(=O)Nc1c2c(cc3c1CCC3)CCC2. The third-order valence-electron chi connectivity index (χ3n) is 7.74. The lowest BCUT2D eigenvalue weighted by atomic mass is 9.99. The molecule has 2 heterocycles. The summed E-state index contributed by atoms with van der Waals surface area (Å²) >= 11 is 0. The van der Waals surface area contributed by atoms with Crippen LogP contribution in [0.15, 0.2) is 18.5 Å². The van der Waals surface area contributed by atoms with Crippen LogP contribution in [0.4, 0.5) is 20.6 Å². The minimum absolute atomic E-state index is 0.0947. The van der Waals surface area contributed by atoms with Crippen molar-refractivity contribution < 1.29 is 17.6 Å². The van der Waals surface area contributed by atoms with Crippen molar-refractivity contribution >= 4 is 27.6 Å². The molecule has 1 aromatic carbocycles. The molecule has 2 unspecified atom stereocenters. The van der Waals surface area contributed by atoms with Crippen LogP contribution in [0.3, 0.4) is 0 Å². The third kappa shape index (κ3) is 4.63. The number of rotatable bonds is 7. The lowest BCUT2D eigenvalue weighted by Gasteiger charge is -2.30. The van der Waals surface area contributed by atoms with Gasteiger partial charge in [-0.25, -0.2) is 18.2 Å². The van der Waals surface area contributed by atoms with Crippen molar-refractivity contribution in [2.45, 2.75) is 63.5 Å². The van der Waals surface area contributed by atoms with E-state index in [1.165, 1.54) is 26.3 Å². The van der Waals surface area contributed by atoms with Crippen molar-refractivity contribution in [1.29, 1.82) is 0 Å². The molecule has 2 aromatic rings. The van der Waals surface area contributed by atoms with Gasteiger partial charge in [0.1, 0.15) is 6.67 Å². The normalized spacial score (nSPS) is 21.7. The smallest absolute Gasteiger partial charge is 0.307 e. The average Bonchev–Trinajstić information content (AvgIpc) is 3.59. The summed E-state index contributed by atoms with van der Waals surface area (Å²) in [6.45, 7) is -0.379. The maximum Gasteiger partial charge on any atom is 0.334 e. The van der Waals surface area contributed by atoms with E-state index in [1.54, 1.807) is 13.2 Å². The number of hydrogen-bond acceptors (Lipinski definition) is 5. The molecule has 0 bridgehead atoms. The number of carbonyl (C=O) groups excluding carboxylic acids is 1. The first-order chi connectivity index (χ1) is 16.8. The molecule has 9 nitrogen and oxygen atoms in total. The molecule has 5 rings (SSSR count). The van der Waals surface area contributed by atoms with Gasteiger partial charge in [0, 0.05) is 31.0 Å². The highest BCUT2D eigenvalue weighted by molar-refractivity contribution is 7.91. The lowest BCUT2D eigenvalue weighted by molar-refractivity contribution is 0.210. The van der Waals surface area contributed by atoms with E-state index in [1.807, 2.05) is 11.9 Å². The van der Waals surface area contributed by atoms with Crippen LogP contribution < -0.4 is 14.3 Å². The topological polar surface area (TPSA) is 99.6 Å². The molecule has 1 aromatic heterocycles. The molecule has 190 valence electrons. The number of anilines is 2. The zero-order valence-corrected chi connectivity index (χ0v) is 21.1. The van der Waals surface area contributed by atoms with E-state index in [-0.39, 0.29) is 18.6 Å². The number of carbonyl (C=O) groups is 1. The second-order valence-corrected chi connectivity index (χ2v) is 11.5. The van der Waals surface area contributed by atoms with E-state index >= 15 is 0 Å². The Morgan fingerprint density at radius 2 is 1.77 bits per heavy atom. The van der Waals surface area contributed by atoms with E-state index in [0.29, 0.717) is 18.5 Å². The van der Waals surface area contributed by atoms with Crippen LogP contribution in [0.2, 0.25) is 0 Å². The number of benzene rings is 1. The van der Waals surface area contributed by atoms with Crippen LogP contribution in [0.25, 0.3) is 0 Å². The van der Waals surface area contributed by atoms with Gasteiger partial charge in [-0.1, -0.05) is 6.07 Å². The van der Waals surface area contributed by atoms with E-state index in [0.717, 1.165) is 55.3 Å². The van der Waals surface area contributed by atoms with Crippen LogP contribution in [-0.4, -0.2) is 61.5 Å². The molecule has 2 atom stereocenters. The monoisotopic (exact) mass is 504 g/mol. The second-order valence-electron chi connectivity index (χ2n) is 9.90. The Morgan fingerprint density at radius 1 is 1.11 bits per heavy atom. The summed E-state index contributed by atoms with van der Waals surface area (Å²) in [5.41, 5.74) is 5.92. The van der Waals surface area contributed by atoms with Crippen LogP contribution >= 0.6 is 0 Å². The Hall–Kier alpha value is -2.66. The molecule has 2 aliphatic carbocycles. The van der Waals surface area contributed by atoms with Gasteiger partial charge in [0.15, 0.2) is 0 Å². The minimum Gasteiger partial charge on any atom is -0.307 e. The number of nitrogens with zero attached hydrogens (tertiary/aromatic N) is 4. The number of halogens is 1. The van der Waals surface area contributed by atoms with Crippen molar-refractivity contribution in [3.8, 4) is 0 Å². The Labute approximate surface area is 205 Å². The largest absolute Gasteiger partial charge is 0.334 e. The fourth-order valence-corrected chi connectivity index (χ4v) is 6.98. The van der Waals surface area contributed by atoms with Crippen molar-refractivity contribution in [2.75, 3.05) is 29.9 Å². The van der Waals surface area contributed by atoms with Gasteiger partial charge >= 0.3 is 16.2 Å². The molecule has 1 saturated heterocycles. The Kier molecular flexibility index (Phi) is 6.47. The highest BCUT2D eigenvalue weighted by atomic mass is 32.2. The third-order valence-corrected chi connectivity index (χ3v) is 9.13. The quantitative estimate of drug-likeness (QED) is 0.604. The second kappa shape index (κ2) is 9.42. The van der Waals surface area contributed by atoms with Crippen molar-refractivity contribution in [3.63, 3.8) is 0 Å². The first-order valence-corrected chi connectivity index (χ1v) is 13.8. The number of likely N-dealkylation sites (N-methyl/N-ethyl adjacent to an activating group) is 1. The molecule has 2 N–H and O–H groups in total. The molecule has 2 amide bonds. The Morgan fingerprint density at radius 3 is 2.34 bits per heavy atom. The molecule has 0 saturated carbocycles. The Bertz CT molecular complexity index is 1200. The molecule has 0 radical (unpaired) electrons. The van der Waals surface area contributed by atoms with Gasteiger partial charge in [-0.2, -0.15) is 13.5 Å². The van der Waals surface area contributed by atoms with Gasteiger partial charge in [0.2, 0.25) is 0 Å². The van der Waals surface area contributed by atoms with E-state index in [9.17, 15) is 17.6 Å². The molecule has 1 fully saturated rings. The number of nitrogens with one attached hydrogen (secondary N) is 2. The number of likely N-dealkylation sites (tertiary alicyclic amines) is 1. The molecule has 1 aliphatic heterocycles. The predicted molar refractivity (Wildman–Crippen MR) is 133 cm³/mol. The van der Waals surface area contributed by atoms with Gasteiger partial charge in [0.05, 0.1) is 18.4 Å². The summed E-state index contributed by atoms with van der Waals surface area (Å²) in [4.78, 5) is 14.9. The van der Waals surface area contributed by atoms with Crippen LogP contribution in [0, 0.1) is 0 Å². The van der Waals surface area contributed by atoms with Gasteiger partial charge in [0.25, 0.3) is 0 Å². The van der Waals surface area contributed by atoms with E-state index in [2.05, 4.69) is 21.2 Å². The van der Waals surface area contributed by atoms with Crippen LogP contribution in [0.5, 0.6) is 0 Å². The van der Waals surface area contributed by atoms with Crippen molar-refractivity contribution in [2.24, 2.45) is 7.05 Å². The standard InChI is InChI=1S/C24H33FN6O3S/c1-29-14-20(13-26-29)31(15-19-10-9-18(12-25)30(19)2)35(33,34)28-24(32)27-23-21-7-3-5-16(21)11-17-6-4-8-22(17)23/h11,13-14,18-19H,3-10,12,15H2,1-2H3,(H2,27,28,32). The van der Waals surface area contributed by atoms with E-state index < -0.39 is 22.9 Å². The molecular formula is C24H33FN6O3S. The van der Waals surface area contributed by atoms with Gasteiger partial charge in [-0.05, 0) is 80.7 Å². The average molecular weight is 505 g/mol. The zero-order chi connectivity index (χ0) is 24.7. The summed E-state index contributed by atoms with van der Waals surface area (Å²) in [5, 5.41) is 7.00. The summed E-state index contributed by atoms with van der Waals surface area (Å²) < 4.78 is 45.2. The zero-order valence-electron chi connectivity index (χ0n) is 20.3. The maximum absolute atomic E-state index is 13.5. The van der Waals surface area contributed by atoms with Gasteiger partial charge in [-0.15, -0.1) is 0 Å². The molecule has 3 aliphatic rings. The predicted octanol–water partition coefficient (Wildman–Crippen LogP) is 2.70. The van der Waals surface area contributed by atoms with Gasteiger partial charge < -0.3 is 5.32 Å². The fourth-order valence-electron chi connectivity index (χ4n) is 5.85. The fraction of sp³-hybridized carbons (Fsp3) is 0.583. The number of urea groups is 1. The van der Waals surface area contributed by atoms with Crippen LogP contribution in [0.1, 0.15) is 47.9 Å². The summed E-state index contributed by atoms with van der Waals surface area (Å²) in [6, 6.07) is 1.10. The highest BCUT2D eigenvalue weighted by Crippen LogP contribution is 2.38. The number of alkyl halides is 1. The minimum atomic E-state index is -4.25. The maximum atomic E-state index is 13.5. The number of fused-ring (bicyclic) bond motifs is 2. The molecular weight excluding hydrogens is 471 g/mol. The molecule has 0 spiro atoms. The van der Waals surface area contributed by atoms with E-state index in [4.69, 9.17) is 0 Å². The summed E-state index contributed by atoms with van der Waals surface area (Å²) in [7, 11) is -0.735. The summed E-state index contributed by atoms with van der Waals surface area (Å²) in [5.74, 6) is 0.